The summed E-state index contributed by atoms with van der Waals surface area (Å²) in [6.45, 7) is 8.28. The van der Waals surface area contributed by atoms with Crippen molar-refractivity contribution in [1.29, 1.82) is 0 Å². The molecule has 0 bridgehead atoms. The SMILES string of the molecule is CO[C@@H]1[C@@H](COS(N)(=O)=O)C[C@@H](Cc2ccncc2C(=O)C2=CC(C)=C(C)C2)C1(C)C. The van der Waals surface area contributed by atoms with E-state index in [-0.39, 0.29) is 35.7 Å². The maximum atomic E-state index is 13.2. The van der Waals surface area contributed by atoms with Gasteiger partial charge in [0.1, 0.15) is 0 Å². The lowest BCUT2D eigenvalue weighted by Gasteiger charge is -2.33. The molecule has 3 rings (SSSR count). The third kappa shape index (κ3) is 5.14. The number of pyridine rings is 1. The van der Waals surface area contributed by atoms with Crippen molar-refractivity contribution in [2.45, 2.75) is 53.1 Å². The molecule has 7 nitrogen and oxygen atoms in total. The number of rotatable bonds is 8. The van der Waals surface area contributed by atoms with E-state index in [1.807, 2.05) is 26.0 Å². The van der Waals surface area contributed by atoms with Crippen molar-refractivity contribution in [3.63, 3.8) is 0 Å². The summed E-state index contributed by atoms with van der Waals surface area (Å²) in [7, 11) is -2.38. The van der Waals surface area contributed by atoms with E-state index in [2.05, 4.69) is 18.8 Å². The summed E-state index contributed by atoms with van der Waals surface area (Å²) < 4.78 is 33.2. The number of carbonyl (C=O) groups excluding carboxylic acids is 1. The molecule has 1 saturated carbocycles. The first-order valence-electron chi connectivity index (χ1n) is 10.5. The topological polar surface area (TPSA) is 109 Å². The number of methoxy groups -OCH3 is 1. The average Bonchev–Trinajstić information content (AvgIpc) is 3.15. The van der Waals surface area contributed by atoms with Crippen LogP contribution < -0.4 is 5.14 Å². The van der Waals surface area contributed by atoms with Crippen LogP contribution in [0.25, 0.3) is 0 Å². The number of nitrogens with two attached hydrogens (primary N) is 1. The Kier molecular flexibility index (Phi) is 6.86. The lowest BCUT2D eigenvalue weighted by atomic mass is 9.76. The first-order chi connectivity index (χ1) is 14.4. The standard InChI is InChI=1S/C23H32N2O5S/c1-14-8-17(9-15(14)2)21(26)20-12-25-7-6-16(20)10-19-11-18(13-30-31(24,27)28)22(29-5)23(19,3)4/h6-8,12,18-19,22H,9-11,13H2,1-5H3,(H2,24,27,28)/t18-,19-,22-/m1/s1. The molecule has 0 saturated heterocycles. The van der Waals surface area contributed by atoms with Crippen molar-refractivity contribution in [2.24, 2.45) is 22.4 Å². The van der Waals surface area contributed by atoms with Gasteiger partial charge in [0.2, 0.25) is 0 Å². The highest BCUT2D eigenvalue weighted by atomic mass is 32.2. The summed E-state index contributed by atoms with van der Waals surface area (Å²) in [5, 5.41) is 5.01. The molecule has 0 aromatic carbocycles. The van der Waals surface area contributed by atoms with Crippen LogP contribution in [0.2, 0.25) is 0 Å². The minimum atomic E-state index is -4.01. The summed E-state index contributed by atoms with van der Waals surface area (Å²) in [6.07, 6.45) is 7.19. The van der Waals surface area contributed by atoms with Crippen molar-refractivity contribution in [1.82, 2.24) is 4.98 Å². The summed E-state index contributed by atoms with van der Waals surface area (Å²) in [5.74, 6) is 0.0727. The fourth-order valence-electron chi connectivity index (χ4n) is 5.06. The predicted molar refractivity (Wildman–Crippen MR) is 119 cm³/mol. The highest BCUT2D eigenvalue weighted by molar-refractivity contribution is 7.84. The molecule has 31 heavy (non-hydrogen) atoms. The molecule has 2 aliphatic rings. The Hall–Kier alpha value is -1.87. The zero-order chi connectivity index (χ0) is 23.0. The maximum Gasteiger partial charge on any atom is 0.333 e. The van der Waals surface area contributed by atoms with Gasteiger partial charge in [0.05, 0.1) is 12.7 Å². The fraction of sp³-hybridized carbons (Fsp3) is 0.565. The highest BCUT2D eigenvalue weighted by Gasteiger charge is 2.49. The Morgan fingerprint density at radius 3 is 2.61 bits per heavy atom. The van der Waals surface area contributed by atoms with Crippen LogP contribution in [0.1, 0.15) is 56.5 Å². The van der Waals surface area contributed by atoms with Crippen LogP contribution in [0.4, 0.5) is 0 Å². The van der Waals surface area contributed by atoms with Crippen LogP contribution in [0, 0.1) is 17.3 Å². The molecule has 8 heteroatoms. The van der Waals surface area contributed by atoms with Crippen LogP contribution in [-0.4, -0.2) is 39.0 Å². The number of ether oxygens (including phenoxy) is 1. The zero-order valence-corrected chi connectivity index (χ0v) is 19.7. The number of aromatic nitrogens is 1. The Bertz CT molecular complexity index is 1030. The minimum Gasteiger partial charge on any atom is -0.381 e. The van der Waals surface area contributed by atoms with Gasteiger partial charge in [-0.2, -0.15) is 8.42 Å². The molecule has 0 aliphatic heterocycles. The maximum absolute atomic E-state index is 13.2. The molecule has 0 spiro atoms. The minimum absolute atomic E-state index is 0.0173. The van der Waals surface area contributed by atoms with Crippen LogP contribution >= 0.6 is 0 Å². The van der Waals surface area contributed by atoms with Gasteiger partial charge in [0, 0.05) is 36.6 Å². The second-order valence-electron chi connectivity index (χ2n) is 9.32. The van der Waals surface area contributed by atoms with Crippen LogP contribution in [0.3, 0.4) is 0 Å². The molecule has 1 aromatic rings. The Morgan fingerprint density at radius 2 is 2.03 bits per heavy atom. The molecule has 1 heterocycles. The number of allylic oxidation sites excluding steroid dienone is 4. The van der Waals surface area contributed by atoms with Crippen LogP contribution in [0.5, 0.6) is 0 Å². The molecule has 1 aromatic heterocycles. The van der Waals surface area contributed by atoms with Gasteiger partial charge in [-0.25, -0.2) is 5.14 Å². The first kappa shape index (κ1) is 23.8. The monoisotopic (exact) mass is 448 g/mol. The van der Waals surface area contributed by atoms with Gasteiger partial charge >= 0.3 is 10.3 Å². The van der Waals surface area contributed by atoms with E-state index in [4.69, 9.17) is 14.1 Å². The van der Waals surface area contributed by atoms with Crippen LogP contribution in [-0.2, 0) is 25.6 Å². The predicted octanol–water partition coefficient (Wildman–Crippen LogP) is 3.37. The van der Waals surface area contributed by atoms with E-state index in [1.165, 1.54) is 5.57 Å². The number of hydrogen-bond acceptors (Lipinski definition) is 6. The molecule has 2 N–H and O–H groups in total. The normalized spacial score (nSPS) is 25.7. The van der Waals surface area contributed by atoms with Crippen molar-refractivity contribution >= 4 is 16.1 Å². The van der Waals surface area contributed by atoms with Crippen LogP contribution in [0.15, 0.2) is 41.3 Å². The quantitative estimate of drug-likeness (QED) is 0.611. The molecule has 170 valence electrons. The third-order valence-corrected chi connectivity index (χ3v) is 7.40. The summed E-state index contributed by atoms with van der Waals surface area (Å²) in [6, 6.07) is 1.90. The Balaban J connectivity index is 1.82. The molecular formula is C23H32N2O5S. The average molecular weight is 449 g/mol. The van der Waals surface area contributed by atoms with E-state index < -0.39 is 10.3 Å². The third-order valence-electron chi connectivity index (χ3n) is 6.93. The lowest BCUT2D eigenvalue weighted by Crippen LogP contribution is -2.36. The van der Waals surface area contributed by atoms with Gasteiger partial charge in [0.25, 0.3) is 0 Å². The zero-order valence-electron chi connectivity index (χ0n) is 18.8. The number of carbonyl (C=O) groups is 1. The van der Waals surface area contributed by atoms with Gasteiger partial charge in [-0.1, -0.05) is 31.1 Å². The highest BCUT2D eigenvalue weighted by Crippen LogP contribution is 2.49. The molecule has 1 fully saturated rings. The van der Waals surface area contributed by atoms with Gasteiger partial charge in [-0.05, 0) is 56.1 Å². The van der Waals surface area contributed by atoms with E-state index in [9.17, 15) is 13.2 Å². The number of ketones is 1. The van der Waals surface area contributed by atoms with Crippen molar-refractivity contribution in [3.8, 4) is 0 Å². The van der Waals surface area contributed by atoms with Gasteiger partial charge in [0.15, 0.2) is 5.78 Å². The van der Waals surface area contributed by atoms with E-state index >= 15 is 0 Å². The fourth-order valence-corrected chi connectivity index (χ4v) is 5.43. The number of nitrogens with zero attached hydrogens (tertiary/aromatic N) is 1. The van der Waals surface area contributed by atoms with E-state index in [1.54, 1.807) is 19.5 Å². The second-order valence-corrected chi connectivity index (χ2v) is 10.5. The second kappa shape index (κ2) is 8.94. The number of Topliss-reactive ketones (excluding diaryl/α,β-unsaturated/α-hetero) is 1. The van der Waals surface area contributed by atoms with Gasteiger partial charge in [-0.3, -0.25) is 14.0 Å². The summed E-state index contributed by atoms with van der Waals surface area (Å²) in [4.78, 5) is 17.4. The summed E-state index contributed by atoms with van der Waals surface area (Å²) >= 11 is 0. The molecule has 3 atom stereocenters. The largest absolute Gasteiger partial charge is 0.381 e. The molecule has 0 unspecified atom stereocenters. The molecule has 0 amide bonds. The summed E-state index contributed by atoms with van der Waals surface area (Å²) in [5.41, 5.74) is 4.49. The van der Waals surface area contributed by atoms with E-state index in [0.29, 0.717) is 24.8 Å². The number of hydrogen-bond donors (Lipinski definition) is 1. The van der Waals surface area contributed by atoms with Gasteiger partial charge < -0.3 is 4.74 Å². The van der Waals surface area contributed by atoms with Crippen molar-refractivity contribution in [2.75, 3.05) is 13.7 Å². The lowest BCUT2D eigenvalue weighted by molar-refractivity contribution is -0.0190. The van der Waals surface area contributed by atoms with Crippen molar-refractivity contribution in [3.05, 3.63) is 52.4 Å². The molecular weight excluding hydrogens is 416 g/mol. The Labute approximate surface area is 185 Å². The first-order valence-corrected chi connectivity index (χ1v) is 12.0. The molecule has 2 aliphatic carbocycles. The van der Waals surface area contributed by atoms with Gasteiger partial charge in [-0.15, -0.1) is 0 Å². The van der Waals surface area contributed by atoms with Crippen molar-refractivity contribution < 1.29 is 22.1 Å². The van der Waals surface area contributed by atoms with E-state index in [0.717, 1.165) is 16.7 Å². The smallest absolute Gasteiger partial charge is 0.333 e. The Morgan fingerprint density at radius 1 is 1.32 bits per heavy atom. The molecule has 0 radical (unpaired) electrons.